The Kier molecular flexibility index (Phi) is 4.10. The van der Waals surface area contributed by atoms with Gasteiger partial charge in [-0.1, -0.05) is 27.2 Å². The van der Waals surface area contributed by atoms with Crippen LogP contribution in [0.2, 0.25) is 0 Å². The van der Waals surface area contributed by atoms with Gasteiger partial charge in [0.25, 0.3) is 5.91 Å². The minimum absolute atomic E-state index is 0.0350. The van der Waals surface area contributed by atoms with Crippen molar-refractivity contribution >= 4 is 11.7 Å². The van der Waals surface area contributed by atoms with Crippen LogP contribution < -0.4 is 5.32 Å². The molecule has 0 spiro atoms. The number of aliphatic hydroxyl groups is 1. The van der Waals surface area contributed by atoms with Gasteiger partial charge in [-0.15, -0.1) is 0 Å². The van der Waals surface area contributed by atoms with Gasteiger partial charge < -0.3 is 10.4 Å². The van der Waals surface area contributed by atoms with E-state index in [1.54, 1.807) is 0 Å². The predicted molar refractivity (Wildman–Crippen MR) is 61.0 cm³/mol. The van der Waals surface area contributed by atoms with Gasteiger partial charge in [0.05, 0.1) is 6.04 Å². The first-order chi connectivity index (χ1) is 7.52. The molecule has 0 saturated carbocycles. The standard InChI is InChI=1S/C12H19NO3/c1-4-6-8(14)9-11(15)10(7(3)5-2)13-12(9)16/h7,10,15H,4-6H2,1-3H3,(H,13,16)/t7-,10+/m1/s1. The molecule has 1 rings (SSSR count). The van der Waals surface area contributed by atoms with Gasteiger partial charge in [-0.05, 0) is 12.3 Å². The molecule has 0 aliphatic carbocycles. The van der Waals surface area contributed by atoms with E-state index in [4.69, 9.17) is 0 Å². The first kappa shape index (κ1) is 12.7. The molecule has 1 heterocycles. The maximum absolute atomic E-state index is 11.6. The molecule has 4 nitrogen and oxygen atoms in total. The summed E-state index contributed by atoms with van der Waals surface area (Å²) in [5.41, 5.74) is -0.0350. The molecule has 0 aromatic carbocycles. The molecule has 1 aliphatic heterocycles. The number of nitrogens with one attached hydrogen (secondary N) is 1. The van der Waals surface area contributed by atoms with Crippen molar-refractivity contribution in [2.24, 2.45) is 5.92 Å². The SMILES string of the molecule is CCCC(=O)C1=C(O)[C@H]([C@H](C)CC)NC1=O. The lowest BCUT2D eigenvalue weighted by Crippen LogP contribution is -2.34. The minimum Gasteiger partial charge on any atom is -0.509 e. The molecule has 1 amide bonds. The van der Waals surface area contributed by atoms with E-state index < -0.39 is 11.9 Å². The average molecular weight is 225 g/mol. The number of ketones is 1. The van der Waals surface area contributed by atoms with Gasteiger partial charge in [-0.3, -0.25) is 9.59 Å². The lowest BCUT2D eigenvalue weighted by Gasteiger charge is -2.17. The first-order valence-corrected chi connectivity index (χ1v) is 5.80. The van der Waals surface area contributed by atoms with E-state index in [0.717, 1.165) is 6.42 Å². The maximum Gasteiger partial charge on any atom is 0.259 e. The fraction of sp³-hybridized carbons (Fsp3) is 0.667. The highest BCUT2D eigenvalue weighted by Gasteiger charge is 2.37. The second-order valence-electron chi connectivity index (χ2n) is 4.27. The van der Waals surface area contributed by atoms with Gasteiger partial charge in [-0.2, -0.15) is 0 Å². The Bertz CT molecular complexity index is 333. The van der Waals surface area contributed by atoms with Crippen LogP contribution in [0.25, 0.3) is 0 Å². The number of aliphatic hydroxyl groups excluding tert-OH is 1. The molecule has 0 fully saturated rings. The zero-order valence-electron chi connectivity index (χ0n) is 10.0. The van der Waals surface area contributed by atoms with Gasteiger partial charge in [0.1, 0.15) is 11.3 Å². The number of rotatable bonds is 5. The summed E-state index contributed by atoms with van der Waals surface area (Å²) in [5, 5.41) is 12.6. The second-order valence-corrected chi connectivity index (χ2v) is 4.27. The average Bonchev–Trinajstić information content (AvgIpc) is 2.53. The van der Waals surface area contributed by atoms with Crippen LogP contribution in [0.5, 0.6) is 0 Å². The second kappa shape index (κ2) is 5.14. The van der Waals surface area contributed by atoms with E-state index in [2.05, 4.69) is 5.32 Å². The molecule has 2 atom stereocenters. The highest BCUT2D eigenvalue weighted by atomic mass is 16.3. The van der Waals surface area contributed by atoms with Crippen LogP contribution in [0.15, 0.2) is 11.3 Å². The molecule has 1 aliphatic rings. The van der Waals surface area contributed by atoms with Crippen molar-refractivity contribution < 1.29 is 14.7 Å². The third-order valence-corrected chi connectivity index (χ3v) is 3.03. The van der Waals surface area contributed by atoms with Crippen molar-refractivity contribution in [1.29, 1.82) is 0 Å². The molecule has 2 N–H and O–H groups in total. The van der Waals surface area contributed by atoms with Gasteiger partial charge >= 0.3 is 0 Å². The third-order valence-electron chi connectivity index (χ3n) is 3.03. The number of amides is 1. The topological polar surface area (TPSA) is 66.4 Å². The van der Waals surface area contributed by atoms with E-state index in [-0.39, 0.29) is 23.0 Å². The fourth-order valence-electron chi connectivity index (χ4n) is 1.82. The highest BCUT2D eigenvalue weighted by Crippen LogP contribution is 2.24. The molecule has 0 aromatic rings. The summed E-state index contributed by atoms with van der Waals surface area (Å²) in [4.78, 5) is 23.2. The monoisotopic (exact) mass is 225 g/mol. The van der Waals surface area contributed by atoms with Crippen LogP contribution in [0.1, 0.15) is 40.0 Å². The quantitative estimate of drug-likeness (QED) is 0.700. The molecule has 0 aromatic heterocycles. The van der Waals surface area contributed by atoms with Crippen molar-refractivity contribution in [1.82, 2.24) is 5.32 Å². The minimum atomic E-state index is -0.429. The number of Topliss-reactive ketones (excluding diaryl/α,β-unsaturated/α-hetero) is 1. The Morgan fingerprint density at radius 2 is 2.12 bits per heavy atom. The number of hydrogen-bond donors (Lipinski definition) is 2. The zero-order valence-corrected chi connectivity index (χ0v) is 10.0. The van der Waals surface area contributed by atoms with Crippen LogP contribution in [0.4, 0.5) is 0 Å². The summed E-state index contributed by atoms with van der Waals surface area (Å²) in [5.74, 6) is -0.627. The molecule has 0 saturated heterocycles. The Balaban J connectivity index is 2.93. The van der Waals surface area contributed by atoms with E-state index >= 15 is 0 Å². The van der Waals surface area contributed by atoms with Crippen LogP contribution in [0.3, 0.4) is 0 Å². The summed E-state index contributed by atoms with van der Waals surface area (Å²) in [6, 6.07) is -0.395. The lowest BCUT2D eigenvalue weighted by atomic mass is 9.97. The highest BCUT2D eigenvalue weighted by molar-refractivity contribution is 6.21. The van der Waals surface area contributed by atoms with Crippen LogP contribution in [-0.4, -0.2) is 22.8 Å². The summed E-state index contributed by atoms with van der Waals surface area (Å²) in [6.45, 7) is 5.79. The predicted octanol–water partition coefficient (Wildman–Crippen LogP) is 1.71. The Morgan fingerprint density at radius 1 is 1.50 bits per heavy atom. The molecule has 0 unspecified atom stereocenters. The summed E-state index contributed by atoms with van der Waals surface area (Å²) >= 11 is 0. The Morgan fingerprint density at radius 3 is 2.62 bits per heavy atom. The lowest BCUT2D eigenvalue weighted by molar-refractivity contribution is -0.122. The largest absolute Gasteiger partial charge is 0.509 e. The summed E-state index contributed by atoms with van der Waals surface area (Å²) < 4.78 is 0. The molecule has 0 radical (unpaired) electrons. The van der Waals surface area contributed by atoms with Gasteiger partial charge in [0.2, 0.25) is 0 Å². The van der Waals surface area contributed by atoms with Crippen molar-refractivity contribution in [2.75, 3.05) is 0 Å². The normalized spacial score (nSPS) is 22.2. The smallest absolute Gasteiger partial charge is 0.259 e. The third kappa shape index (κ3) is 2.26. The van der Waals surface area contributed by atoms with E-state index in [9.17, 15) is 14.7 Å². The van der Waals surface area contributed by atoms with Crippen molar-refractivity contribution in [3.05, 3.63) is 11.3 Å². The Hall–Kier alpha value is -1.32. The summed E-state index contributed by atoms with van der Waals surface area (Å²) in [6.07, 6.45) is 1.82. The molecule has 4 heteroatoms. The van der Waals surface area contributed by atoms with E-state index in [1.165, 1.54) is 0 Å². The molecular formula is C12H19NO3. The van der Waals surface area contributed by atoms with Crippen LogP contribution >= 0.6 is 0 Å². The van der Waals surface area contributed by atoms with E-state index in [0.29, 0.717) is 12.8 Å². The molecule has 90 valence electrons. The summed E-state index contributed by atoms with van der Waals surface area (Å²) in [7, 11) is 0. The van der Waals surface area contributed by atoms with Crippen molar-refractivity contribution in [3.63, 3.8) is 0 Å². The van der Waals surface area contributed by atoms with Crippen molar-refractivity contribution in [3.8, 4) is 0 Å². The number of carbonyl (C=O) groups excluding carboxylic acids is 2. The number of carbonyl (C=O) groups is 2. The van der Waals surface area contributed by atoms with Crippen molar-refractivity contribution in [2.45, 2.75) is 46.1 Å². The fourth-order valence-corrected chi connectivity index (χ4v) is 1.82. The molecule has 0 bridgehead atoms. The zero-order chi connectivity index (χ0) is 12.3. The first-order valence-electron chi connectivity index (χ1n) is 5.80. The molecule has 16 heavy (non-hydrogen) atoms. The van der Waals surface area contributed by atoms with E-state index in [1.807, 2.05) is 20.8 Å². The maximum atomic E-state index is 11.6. The Labute approximate surface area is 95.7 Å². The van der Waals surface area contributed by atoms with Crippen LogP contribution in [-0.2, 0) is 9.59 Å². The van der Waals surface area contributed by atoms with Crippen LogP contribution in [0, 0.1) is 5.92 Å². The van der Waals surface area contributed by atoms with Gasteiger partial charge in [0.15, 0.2) is 5.78 Å². The van der Waals surface area contributed by atoms with Gasteiger partial charge in [0, 0.05) is 6.42 Å². The number of hydrogen-bond acceptors (Lipinski definition) is 3. The molecular weight excluding hydrogens is 206 g/mol. The van der Waals surface area contributed by atoms with Gasteiger partial charge in [-0.25, -0.2) is 0 Å².